The number of nitrogens with zero attached hydrogens (tertiary/aromatic N) is 4. The second-order valence-corrected chi connectivity index (χ2v) is 12.8. The minimum Gasteiger partial charge on any atom is -0.390 e. The normalized spacial score (nSPS) is 15.8. The number of hydrogen-bond acceptors (Lipinski definition) is 7. The third kappa shape index (κ3) is 8.03. The van der Waals surface area contributed by atoms with Gasteiger partial charge in [0.25, 0.3) is 0 Å². The Morgan fingerprint density at radius 2 is 1.57 bits per heavy atom. The predicted octanol–water partition coefficient (Wildman–Crippen LogP) is 3.88. The Bertz CT molecular complexity index is 1720. The molecule has 4 N–H and O–H groups in total. The molecule has 0 bridgehead atoms. The number of primary amides is 1. The van der Waals surface area contributed by atoms with Gasteiger partial charge in [0.2, 0.25) is 0 Å². The van der Waals surface area contributed by atoms with Crippen molar-refractivity contribution in [1.29, 1.82) is 0 Å². The Kier molecular flexibility index (Phi) is 10.6. The van der Waals surface area contributed by atoms with Crippen LogP contribution in [0, 0.1) is 0 Å². The highest BCUT2D eigenvalue weighted by molar-refractivity contribution is 6.34. The van der Waals surface area contributed by atoms with Crippen molar-refractivity contribution in [3.05, 3.63) is 99.2 Å². The van der Waals surface area contributed by atoms with Crippen molar-refractivity contribution in [3.63, 3.8) is 0 Å². The summed E-state index contributed by atoms with van der Waals surface area (Å²) in [6, 6.07) is 21.8. The van der Waals surface area contributed by atoms with Gasteiger partial charge in [-0.25, -0.2) is 0 Å². The molecule has 47 heavy (non-hydrogen) atoms. The number of morpholine rings is 1. The molecular formula is C35H38Cl2N6O4. The first kappa shape index (κ1) is 33.1. The molecule has 0 spiro atoms. The van der Waals surface area contributed by atoms with Crippen LogP contribution in [0.15, 0.2) is 66.7 Å². The number of ether oxygens (including phenoxy) is 1. The Balaban J connectivity index is 1.23. The highest BCUT2D eigenvalue weighted by atomic mass is 35.5. The van der Waals surface area contributed by atoms with Gasteiger partial charge >= 0.3 is 11.8 Å². The lowest BCUT2D eigenvalue weighted by Crippen LogP contribution is -2.43. The van der Waals surface area contributed by atoms with Crippen LogP contribution in [0.2, 0.25) is 10.0 Å². The van der Waals surface area contributed by atoms with Crippen LogP contribution in [0.3, 0.4) is 0 Å². The number of aromatic nitrogens is 2. The van der Waals surface area contributed by atoms with E-state index in [1.807, 2.05) is 59.3 Å². The SMILES string of the molecule is NC(=O)C(=O)N1CCc2c(c(-c3ccc(Cl)c(-c4ccc(CNCc5ccc(Cl)cc5)cc4)c3)nn2C[C@@H](O)CN2CCOCC2)C1. The lowest BCUT2D eigenvalue weighted by Gasteiger charge is -2.29. The molecule has 4 aromatic rings. The van der Waals surface area contributed by atoms with E-state index in [0.717, 1.165) is 63.7 Å². The molecular weight excluding hydrogens is 639 g/mol. The van der Waals surface area contributed by atoms with Crippen LogP contribution < -0.4 is 11.1 Å². The molecule has 0 saturated carbocycles. The summed E-state index contributed by atoms with van der Waals surface area (Å²) in [7, 11) is 0. The molecule has 2 amide bonds. The molecule has 2 aliphatic heterocycles. The molecule has 10 nitrogen and oxygen atoms in total. The number of β-amino-alcohol motifs (C(OH)–C–C–N with tert-alkyl or cyclic N) is 1. The smallest absolute Gasteiger partial charge is 0.311 e. The molecule has 1 saturated heterocycles. The van der Waals surface area contributed by atoms with E-state index in [1.54, 1.807) is 0 Å². The van der Waals surface area contributed by atoms with E-state index >= 15 is 0 Å². The van der Waals surface area contributed by atoms with E-state index in [-0.39, 0.29) is 6.54 Å². The first-order valence-corrected chi connectivity index (χ1v) is 16.5. The average molecular weight is 678 g/mol. The maximum absolute atomic E-state index is 12.6. The topological polar surface area (TPSA) is 126 Å². The third-order valence-electron chi connectivity index (χ3n) is 8.66. The van der Waals surface area contributed by atoms with Gasteiger partial charge in [0.1, 0.15) is 0 Å². The van der Waals surface area contributed by atoms with Crippen molar-refractivity contribution < 1.29 is 19.4 Å². The fraction of sp³-hybridized carbons (Fsp3) is 0.343. The zero-order chi connectivity index (χ0) is 32.9. The lowest BCUT2D eigenvalue weighted by atomic mass is 9.97. The number of carbonyl (C=O) groups is 2. The number of halogens is 2. The summed E-state index contributed by atoms with van der Waals surface area (Å²) in [4.78, 5) is 28.0. The first-order chi connectivity index (χ1) is 22.7. The molecule has 3 aromatic carbocycles. The number of rotatable bonds is 10. The minimum atomic E-state index is -0.985. The molecule has 0 aliphatic carbocycles. The highest BCUT2D eigenvalue weighted by Gasteiger charge is 2.31. The van der Waals surface area contributed by atoms with E-state index in [1.165, 1.54) is 4.90 Å². The standard InChI is InChI=1S/C35H38Cl2N6O4/c36-27-8-3-24(4-9-27)19-39-18-23-1-5-25(6-2-23)29-17-26(7-10-31(29)37)33-30-22-42(35(46)34(38)45)12-11-32(30)43(40-33)21-28(44)20-41-13-15-47-16-14-41/h1-10,17,28,39,44H,11-16,18-22H2,(H2,38,45)/t28-/m0/s1. The van der Waals surface area contributed by atoms with Crippen molar-refractivity contribution >= 4 is 35.0 Å². The predicted molar refractivity (Wildman–Crippen MR) is 182 cm³/mol. The number of fused-ring (bicyclic) bond motifs is 1. The van der Waals surface area contributed by atoms with Gasteiger partial charge < -0.3 is 25.8 Å². The van der Waals surface area contributed by atoms with Crippen LogP contribution in [0.1, 0.15) is 22.4 Å². The number of aliphatic hydroxyl groups is 1. The maximum atomic E-state index is 12.6. The summed E-state index contributed by atoms with van der Waals surface area (Å²) in [6.45, 7) is 5.65. The van der Waals surface area contributed by atoms with E-state index in [9.17, 15) is 14.7 Å². The van der Waals surface area contributed by atoms with Gasteiger partial charge in [-0.05, 0) is 41.0 Å². The first-order valence-electron chi connectivity index (χ1n) is 15.7. The fourth-order valence-corrected chi connectivity index (χ4v) is 6.54. The van der Waals surface area contributed by atoms with Gasteiger partial charge in [0.15, 0.2) is 0 Å². The number of amides is 2. The van der Waals surface area contributed by atoms with Crippen LogP contribution in [-0.2, 0) is 46.9 Å². The van der Waals surface area contributed by atoms with Crippen molar-refractivity contribution in [2.75, 3.05) is 39.4 Å². The zero-order valence-electron chi connectivity index (χ0n) is 26.0. The number of aliphatic hydroxyl groups excluding tert-OH is 1. The summed E-state index contributed by atoms with van der Waals surface area (Å²) >= 11 is 12.7. The monoisotopic (exact) mass is 676 g/mol. The van der Waals surface area contributed by atoms with Crippen molar-refractivity contribution in [2.24, 2.45) is 5.73 Å². The molecule has 3 heterocycles. The molecule has 246 valence electrons. The van der Waals surface area contributed by atoms with E-state index in [0.29, 0.717) is 56.5 Å². The van der Waals surface area contributed by atoms with Gasteiger partial charge in [0, 0.05) is 78.1 Å². The minimum absolute atomic E-state index is 0.196. The van der Waals surface area contributed by atoms with Crippen LogP contribution >= 0.6 is 23.2 Å². The van der Waals surface area contributed by atoms with Crippen molar-refractivity contribution in [1.82, 2.24) is 24.9 Å². The number of benzene rings is 3. The maximum Gasteiger partial charge on any atom is 0.311 e. The second kappa shape index (κ2) is 15.0. The van der Waals surface area contributed by atoms with Crippen LogP contribution in [-0.4, -0.2) is 82.0 Å². The summed E-state index contributed by atoms with van der Waals surface area (Å²) in [5.41, 5.74) is 12.7. The third-order valence-corrected chi connectivity index (χ3v) is 9.25. The summed E-state index contributed by atoms with van der Waals surface area (Å²) in [5, 5.41) is 20.8. The Labute approximate surface area is 284 Å². The summed E-state index contributed by atoms with van der Waals surface area (Å²) < 4.78 is 7.29. The van der Waals surface area contributed by atoms with E-state index in [2.05, 4.69) is 22.3 Å². The van der Waals surface area contributed by atoms with Gasteiger partial charge in [-0.1, -0.05) is 65.7 Å². The number of nitrogens with one attached hydrogen (secondary N) is 1. The molecule has 12 heteroatoms. The summed E-state index contributed by atoms with van der Waals surface area (Å²) in [5.74, 6) is -1.71. The zero-order valence-corrected chi connectivity index (χ0v) is 27.5. The van der Waals surface area contributed by atoms with Crippen LogP contribution in [0.25, 0.3) is 22.4 Å². The molecule has 1 aromatic heterocycles. The average Bonchev–Trinajstić information content (AvgIpc) is 3.43. The van der Waals surface area contributed by atoms with Gasteiger partial charge in [-0.3, -0.25) is 19.2 Å². The van der Waals surface area contributed by atoms with Crippen molar-refractivity contribution in [2.45, 2.75) is 38.7 Å². The molecule has 1 fully saturated rings. The Hall–Kier alpha value is -3.77. The van der Waals surface area contributed by atoms with E-state index in [4.69, 9.17) is 38.8 Å². The van der Waals surface area contributed by atoms with Gasteiger partial charge in [0.05, 0.1) is 38.1 Å². The Morgan fingerprint density at radius 3 is 2.26 bits per heavy atom. The highest BCUT2D eigenvalue weighted by Crippen LogP contribution is 2.36. The quantitative estimate of drug-likeness (QED) is 0.218. The van der Waals surface area contributed by atoms with Gasteiger partial charge in [-0.2, -0.15) is 5.10 Å². The lowest BCUT2D eigenvalue weighted by molar-refractivity contribution is -0.144. The van der Waals surface area contributed by atoms with Crippen LogP contribution in [0.5, 0.6) is 0 Å². The summed E-state index contributed by atoms with van der Waals surface area (Å²) in [6.07, 6.45) is -0.158. The Morgan fingerprint density at radius 1 is 0.915 bits per heavy atom. The molecule has 1 atom stereocenters. The molecule has 0 radical (unpaired) electrons. The molecule has 2 aliphatic rings. The number of hydrogen-bond donors (Lipinski definition) is 3. The largest absolute Gasteiger partial charge is 0.390 e. The number of nitrogens with two attached hydrogens (primary N) is 1. The molecule has 0 unspecified atom stereocenters. The van der Waals surface area contributed by atoms with Gasteiger partial charge in [-0.15, -0.1) is 0 Å². The van der Waals surface area contributed by atoms with E-state index < -0.39 is 17.9 Å². The molecule has 6 rings (SSSR count). The van der Waals surface area contributed by atoms with Crippen LogP contribution in [0.4, 0.5) is 0 Å². The van der Waals surface area contributed by atoms with Crippen molar-refractivity contribution in [3.8, 4) is 22.4 Å². The fourth-order valence-electron chi connectivity index (χ4n) is 6.19. The number of carbonyl (C=O) groups excluding carboxylic acids is 2. The second-order valence-electron chi connectivity index (χ2n) is 12.0.